The van der Waals surface area contributed by atoms with Crippen molar-refractivity contribution in [3.05, 3.63) is 36.5 Å². The molecule has 0 spiro atoms. The summed E-state index contributed by atoms with van der Waals surface area (Å²) < 4.78 is 17.0. The van der Waals surface area contributed by atoms with E-state index in [4.69, 9.17) is 14.2 Å². The molecule has 1 unspecified atom stereocenters. The van der Waals surface area contributed by atoms with Crippen LogP contribution in [-0.2, 0) is 28.6 Å². The van der Waals surface area contributed by atoms with Crippen molar-refractivity contribution < 1.29 is 28.6 Å². The molecule has 6 heteroatoms. The highest BCUT2D eigenvalue weighted by atomic mass is 16.6. The average Bonchev–Trinajstić information content (AvgIpc) is 3.49. The second-order valence-corrected chi connectivity index (χ2v) is 25.5. The van der Waals surface area contributed by atoms with Crippen LogP contribution in [0.15, 0.2) is 36.5 Å². The molecule has 0 bridgehead atoms. The van der Waals surface area contributed by atoms with Crippen molar-refractivity contribution >= 4 is 17.9 Å². The van der Waals surface area contributed by atoms with Crippen LogP contribution in [0.2, 0.25) is 0 Å². The minimum Gasteiger partial charge on any atom is -0.462 e. The van der Waals surface area contributed by atoms with E-state index in [1.165, 1.54) is 295 Å². The van der Waals surface area contributed by atoms with Crippen molar-refractivity contribution in [1.29, 1.82) is 0 Å². The number of hydrogen-bond donors (Lipinski definition) is 0. The van der Waals surface area contributed by atoms with Crippen LogP contribution in [0, 0.1) is 0 Å². The Hall–Kier alpha value is -2.37. The number of rotatable bonds is 70. The van der Waals surface area contributed by atoms with Gasteiger partial charge < -0.3 is 14.2 Å². The van der Waals surface area contributed by atoms with Gasteiger partial charge in [-0.3, -0.25) is 14.4 Å². The lowest BCUT2D eigenvalue weighted by Gasteiger charge is -2.18. The highest BCUT2D eigenvalue weighted by Gasteiger charge is 2.20. The molecular formula is C77H144O6. The zero-order chi connectivity index (χ0) is 59.9. The molecule has 0 saturated carbocycles. The van der Waals surface area contributed by atoms with Crippen LogP contribution < -0.4 is 0 Å². The van der Waals surface area contributed by atoms with E-state index in [1.54, 1.807) is 0 Å². The van der Waals surface area contributed by atoms with Crippen molar-refractivity contribution in [2.24, 2.45) is 0 Å². The molecule has 488 valence electrons. The minimum absolute atomic E-state index is 0.0756. The predicted octanol–water partition coefficient (Wildman–Crippen LogP) is 25.9. The van der Waals surface area contributed by atoms with Crippen molar-refractivity contribution in [2.75, 3.05) is 13.2 Å². The van der Waals surface area contributed by atoms with Gasteiger partial charge in [0, 0.05) is 19.3 Å². The Morgan fingerprint density at radius 2 is 0.470 bits per heavy atom. The van der Waals surface area contributed by atoms with Gasteiger partial charge in [-0.25, -0.2) is 0 Å². The Morgan fingerprint density at radius 3 is 0.735 bits per heavy atom. The number of esters is 3. The highest BCUT2D eigenvalue weighted by Crippen LogP contribution is 2.20. The van der Waals surface area contributed by atoms with E-state index in [0.29, 0.717) is 19.3 Å². The first-order valence-electron chi connectivity index (χ1n) is 37.5. The standard InChI is InChI=1S/C77H144O6/c1-4-7-10-13-16-19-22-25-27-29-31-33-35-37-38-40-41-43-45-47-49-52-55-58-61-64-67-70-76(79)82-73-74(72-81-75(78)69-66-63-60-57-54-51-24-21-18-15-12-9-6-3)83-77(80)71-68-65-62-59-56-53-50-48-46-44-42-39-36-34-32-30-28-26-23-20-17-14-11-8-5-2/h9,12,18,21,51,54,74H,4-8,10-11,13-17,19-20,22-50,52-53,55-73H2,1-3H3/b12-9-,21-18-,54-51-. The summed E-state index contributed by atoms with van der Waals surface area (Å²) in [5.74, 6) is -0.874. The Labute approximate surface area is 518 Å². The van der Waals surface area contributed by atoms with Gasteiger partial charge >= 0.3 is 17.9 Å². The SMILES string of the molecule is CC/C=C\C/C=C\C/C=C\CCCCCC(=O)OCC(COC(=O)CCCCCCCCCCCCCCCCCCCCCCCCCCCCC)OC(=O)CCCCCCCCCCCCCCCCCCCCCCCCCCC. The molecule has 0 heterocycles. The zero-order valence-corrected chi connectivity index (χ0v) is 56.2. The first-order valence-corrected chi connectivity index (χ1v) is 37.5. The molecular weight excluding hydrogens is 1020 g/mol. The van der Waals surface area contributed by atoms with Crippen molar-refractivity contribution in [1.82, 2.24) is 0 Å². The summed E-state index contributed by atoms with van der Waals surface area (Å²) in [5, 5.41) is 0. The average molecular weight is 1170 g/mol. The maximum atomic E-state index is 13.0. The molecule has 0 fully saturated rings. The number of hydrogen-bond acceptors (Lipinski definition) is 6. The third-order valence-electron chi connectivity index (χ3n) is 17.2. The molecule has 0 rings (SSSR count). The molecule has 1 atom stereocenters. The minimum atomic E-state index is -0.782. The maximum absolute atomic E-state index is 13.0. The summed E-state index contributed by atoms with van der Waals surface area (Å²) in [6.07, 6.45) is 90.7. The molecule has 0 amide bonds. The van der Waals surface area contributed by atoms with Gasteiger partial charge in [-0.05, 0) is 51.4 Å². The Balaban J connectivity index is 4.18. The van der Waals surface area contributed by atoms with Gasteiger partial charge in [0.1, 0.15) is 13.2 Å². The molecule has 83 heavy (non-hydrogen) atoms. The normalized spacial score (nSPS) is 12.2. The van der Waals surface area contributed by atoms with E-state index in [1.807, 2.05) is 0 Å². The molecule has 0 aliphatic heterocycles. The van der Waals surface area contributed by atoms with Crippen molar-refractivity contribution in [3.63, 3.8) is 0 Å². The van der Waals surface area contributed by atoms with Gasteiger partial charge in [0.15, 0.2) is 6.10 Å². The number of unbranched alkanes of at least 4 members (excludes halogenated alkanes) is 53. The fourth-order valence-corrected chi connectivity index (χ4v) is 11.6. The van der Waals surface area contributed by atoms with E-state index in [2.05, 4.69) is 57.2 Å². The monoisotopic (exact) mass is 1170 g/mol. The second-order valence-electron chi connectivity index (χ2n) is 25.5. The number of carbonyl (C=O) groups is 3. The highest BCUT2D eigenvalue weighted by molar-refractivity contribution is 5.71. The van der Waals surface area contributed by atoms with Crippen LogP contribution >= 0.6 is 0 Å². The van der Waals surface area contributed by atoms with Crippen LogP contribution in [-0.4, -0.2) is 37.2 Å². The summed E-state index contributed by atoms with van der Waals surface area (Å²) in [7, 11) is 0. The molecule has 6 nitrogen and oxygen atoms in total. The first kappa shape index (κ1) is 80.6. The van der Waals surface area contributed by atoms with E-state index in [9.17, 15) is 14.4 Å². The van der Waals surface area contributed by atoms with Crippen LogP contribution in [0.1, 0.15) is 419 Å². The quantitative estimate of drug-likeness (QED) is 0.0261. The van der Waals surface area contributed by atoms with Gasteiger partial charge in [0.25, 0.3) is 0 Å². The number of ether oxygens (including phenoxy) is 3. The van der Waals surface area contributed by atoms with E-state index in [-0.39, 0.29) is 31.1 Å². The van der Waals surface area contributed by atoms with Gasteiger partial charge in [0.05, 0.1) is 0 Å². The lowest BCUT2D eigenvalue weighted by Crippen LogP contribution is -2.30. The molecule has 0 aliphatic carbocycles. The fourth-order valence-electron chi connectivity index (χ4n) is 11.6. The van der Waals surface area contributed by atoms with Gasteiger partial charge in [-0.1, -0.05) is 385 Å². The number of carbonyl (C=O) groups excluding carboxylic acids is 3. The molecule has 0 saturated heterocycles. The molecule has 0 aromatic rings. The van der Waals surface area contributed by atoms with Crippen LogP contribution in [0.3, 0.4) is 0 Å². The molecule has 0 aromatic carbocycles. The third kappa shape index (κ3) is 70.3. The third-order valence-corrected chi connectivity index (χ3v) is 17.2. The first-order chi connectivity index (χ1) is 41.0. The molecule has 0 N–H and O–H groups in total. The summed E-state index contributed by atoms with van der Waals surface area (Å²) in [5.41, 5.74) is 0. The molecule has 0 aromatic heterocycles. The largest absolute Gasteiger partial charge is 0.462 e. The van der Waals surface area contributed by atoms with Gasteiger partial charge in [-0.2, -0.15) is 0 Å². The van der Waals surface area contributed by atoms with Gasteiger partial charge in [0.2, 0.25) is 0 Å². The van der Waals surface area contributed by atoms with Crippen LogP contribution in [0.4, 0.5) is 0 Å². The molecule has 0 radical (unpaired) electrons. The second kappa shape index (κ2) is 72.1. The van der Waals surface area contributed by atoms with Crippen molar-refractivity contribution in [3.8, 4) is 0 Å². The van der Waals surface area contributed by atoms with E-state index >= 15 is 0 Å². The fraction of sp³-hybridized carbons (Fsp3) is 0.883. The topological polar surface area (TPSA) is 78.9 Å². The number of allylic oxidation sites excluding steroid dienone is 6. The van der Waals surface area contributed by atoms with E-state index < -0.39 is 6.10 Å². The summed E-state index contributed by atoms with van der Waals surface area (Å²) in [6.45, 7) is 6.59. The maximum Gasteiger partial charge on any atom is 0.306 e. The van der Waals surface area contributed by atoms with Crippen LogP contribution in [0.5, 0.6) is 0 Å². The Kier molecular flexibility index (Phi) is 70.0. The Morgan fingerprint density at radius 1 is 0.253 bits per heavy atom. The zero-order valence-electron chi connectivity index (χ0n) is 56.2. The lowest BCUT2D eigenvalue weighted by atomic mass is 10.0. The molecule has 0 aliphatic rings. The predicted molar refractivity (Wildman–Crippen MR) is 362 cm³/mol. The Bertz CT molecular complexity index is 1380. The van der Waals surface area contributed by atoms with Crippen LogP contribution in [0.25, 0.3) is 0 Å². The summed E-state index contributed by atoms with van der Waals surface area (Å²) >= 11 is 0. The van der Waals surface area contributed by atoms with Gasteiger partial charge in [-0.15, -0.1) is 0 Å². The van der Waals surface area contributed by atoms with Crippen molar-refractivity contribution in [2.45, 2.75) is 425 Å². The summed E-state index contributed by atoms with van der Waals surface area (Å²) in [6, 6.07) is 0. The van der Waals surface area contributed by atoms with E-state index in [0.717, 1.165) is 83.5 Å². The summed E-state index contributed by atoms with van der Waals surface area (Å²) in [4.78, 5) is 38.5. The smallest absolute Gasteiger partial charge is 0.306 e. The lowest BCUT2D eigenvalue weighted by molar-refractivity contribution is -0.167.